The maximum absolute atomic E-state index is 10.2. The van der Waals surface area contributed by atoms with Crippen LogP contribution in [-0.4, -0.2) is 23.4 Å². The van der Waals surface area contributed by atoms with Gasteiger partial charge in [0.05, 0.1) is 12.2 Å². The Hall–Kier alpha value is -1.04. The van der Waals surface area contributed by atoms with E-state index in [-0.39, 0.29) is 18.1 Å². The largest absolute Gasteiger partial charge is 0.380 e. The highest BCUT2D eigenvalue weighted by molar-refractivity contribution is 5.23. The molecule has 2 nitrogen and oxygen atoms in total. The van der Waals surface area contributed by atoms with E-state index in [1.807, 2.05) is 6.92 Å². The second-order valence-electron chi connectivity index (χ2n) is 5.38. The molecule has 2 rings (SSSR count). The number of fused-ring (bicyclic) bond motifs is 2. The van der Waals surface area contributed by atoms with Crippen LogP contribution in [0.4, 0.5) is 0 Å². The molecule has 0 saturated heterocycles. The molecule has 0 aromatic heterocycles. The van der Waals surface area contributed by atoms with Gasteiger partial charge in [-0.05, 0) is 38.7 Å². The second kappa shape index (κ2) is 5.73. The molecule has 0 aliphatic carbocycles. The zero-order valence-electron chi connectivity index (χ0n) is 11.3. The summed E-state index contributed by atoms with van der Waals surface area (Å²) in [5.74, 6) is 5.90. The summed E-state index contributed by atoms with van der Waals surface area (Å²) in [6.07, 6.45) is 5.72. The average molecular weight is 246 g/mol. The van der Waals surface area contributed by atoms with Crippen molar-refractivity contribution in [3.8, 4) is 11.8 Å². The van der Waals surface area contributed by atoms with E-state index >= 15 is 0 Å². The molecule has 2 aliphatic heterocycles. The Labute approximate surface area is 110 Å². The minimum atomic E-state index is -0.673. The van der Waals surface area contributed by atoms with Crippen LogP contribution < -0.4 is 0 Å². The lowest BCUT2D eigenvalue weighted by Gasteiger charge is -2.26. The van der Waals surface area contributed by atoms with Crippen LogP contribution in [0.2, 0.25) is 0 Å². The molecule has 0 saturated carbocycles. The predicted molar refractivity (Wildman–Crippen MR) is 73.0 cm³/mol. The molecule has 0 aromatic rings. The molecular weight excluding hydrogens is 224 g/mol. The number of hydrogen-bond donors (Lipinski definition) is 1. The molecule has 0 radical (unpaired) electrons. The van der Waals surface area contributed by atoms with Gasteiger partial charge < -0.3 is 9.84 Å². The molecule has 0 spiro atoms. The number of ether oxygens (including phenoxy) is 1. The highest BCUT2D eigenvalue weighted by Crippen LogP contribution is 2.32. The first-order valence-electron chi connectivity index (χ1n) is 6.75. The quantitative estimate of drug-likeness (QED) is 0.569. The van der Waals surface area contributed by atoms with Crippen LogP contribution in [-0.2, 0) is 4.74 Å². The van der Waals surface area contributed by atoms with Crippen LogP contribution in [0.15, 0.2) is 23.8 Å². The van der Waals surface area contributed by atoms with Gasteiger partial charge in [-0.15, -0.1) is 5.92 Å². The van der Waals surface area contributed by atoms with Crippen LogP contribution >= 0.6 is 0 Å². The van der Waals surface area contributed by atoms with E-state index in [1.165, 1.54) is 5.57 Å². The fourth-order valence-corrected chi connectivity index (χ4v) is 2.73. The highest BCUT2D eigenvalue weighted by Gasteiger charge is 2.34. The Kier molecular flexibility index (Phi) is 4.27. The minimum Gasteiger partial charge on any atom is -0.380 e. The van der Waals surface area contributed by atoms with E-state index < -0.39 is 6.10 Å². The van der Waals surface area contributed by atoms with Gasteiger partial charge >= 0.3 is 0 Å². The Balaban J connectivity index is 2.26. The first-order valence-corrected chi connectivity index (χ1v) is 6.75. The summed E-state index contributed by atoms with van der Waals surface area (Å²) in [4.78, 5) is 0. The number of aliphatic hydroxyl groups is 1. The Bertz CT molecular complexity index is 411. The number of aliphatic hydroxyl groups excluding tert-OH is 1. The van der Waals surface area contributed by atoms with Gasteiger partial charge in [0.1, 0.15) is 6.10 Å². The molecule has 0 fully saturated rings. The van der Waals surface area contributed by atoms with E-state index in [1.54, 1.807) is 0 Å². The van der Waals surface area contributed by atoms with Crippen LogP contribution in [0.1, 0.15) is 39.5 Å². The molecule has 2 heterocycles. The van der Waals surface area contributed by atoms with Gasteiger partial charge in [-0.3, -0.25) is 0 Å². The van der Waals surface area contributed by atoms with E-state index in [0.29, 0.717) is 0 Å². The smallest absolute Gasteiger partial charge is 0.124 e. The molecule has 2 aliphatic rings. The highest BCUT2D eigenvalue weighted by atomic mass is 16.5. The lowest BCUT2D eigenvalue weighted by atomic mass is 9.89. The number of hydrogen-bond acceptors (Lipinski definition) is 2. The molecule has 98 valence electrons. The van der Waals surface area contributed by atoms with Crippen molar-refractivity contribution in [1.29, 1.82) is 0 Å². The minimum absolute atomic E-state index is 0.0742. The van der Waals surface area contributed by atoms with E-state index in [9.17, 15) is 5.11 Å². The van der Waals surface area contributed by atoms with E-state index in [4.69, 9.17) is 4.74 Å². The molecule has 4 atom stereocenters. The SMILES string of the molecule is C=C(C)[C@@H]1[C@@H](O)C#CCCCC[C@H]2O[C@@H]1C=C2C. The van der Waals surface area contributed by atoms with Gasteiger partial charge in [0.2, 0.25) is 0 Å². The monoisotopic (exact) mass is 246 g/mol. The van der Waals surface area contributed by atoms with Crippen molar-refractivity contribution in [3.05, 3.63) is 23.8 Å². The van der Waals surface area contributed by atoms with Crippen molar-refractivity contribution < 1.29 is 9.84 Å². The Morgan fingerprint density at radius 2 is 2.28 bits per heavy atom. The van der Waals surface area contributed by atoms with Crippen LogP contribution in [0.25, 0.3) is 0 Å². The van der Waals surface area contributed by atoms with E-state index in [0.717, 1.165) is 31.3 Å². The van der Waals surface area contributed by atoms with Gasteiger partial charge in [0.15, 0.2) is 0 Å². The van der Waals surface area contributed by atoms with Crippen molar-refractivity contribution in [2.24, 2.45) is 5.92 Å². The van der Waals surface area contributed by atoms with Crippen LogP contribution in [0, 0.1) is 17.8 Å². The lowest BCUT2D eigenvalue weighted by Crippen LogP contribution is -2.32. The zero-order valence-corrected chi connectivity index (χ0v) is 11.3. The zero-order chi connectivity index (χ0) is 13.1. The molecule has 18 heavy (non-hydrogen) atoms. The van der Waals surface area contributed by atoms with Gasteiger partial charge in [0.25, 0.3) is 0 Å². The molecule has 2 heteroatoms. The van der Waals surface area contributed by atoms with Crippen molar-refractivity contribution in [1.82, 2.24) is 0 Å². The van der Waals surface area contributed by atoms with Gasteiger partial charge in [-0.25, -0.2) is 0 Å². The van der Waals surface area contributed by atoms with Crippen molar-refractivity contribution in [2.75, 3.05) is 0 Å². The third kappa shape index (κ3) is 2.85. The van der Waals surface area contributed by atoms with Crippen molar-refractivity contribution in [2.45, 2.75) is 57.8 Å². The Morgan fingerprint density at radius 3 is 3.00 bits per heavy atom. The summed E-state index contributed by atoms with van der Waals surface area (Å²) in [6.45, 7) is 8.04. The summed E-state index contributed by atoms with van der Waals surface area (Å²) in [5, 5.41) is 10.2. The topological polar surface area (TPSA) is 29.5 Å². The van der Waals surface area contributed by atoms with Crippen LogP contribution in [0.3, 0.4) is 0 Å². The Morgan fingerprint density at radius 1 is 1.50 bits per heavy atom. The van der Waals surface area contributed by atoms with Crippen molar-refractivity contribution in [3.63, 3.8) is 0 Å². The second-order valence-corrected chi connectivity index (χ2v) is 5.38. The summed E-state index contributed by atoms with van der Waals surface area (Å²) in [5.41, 5.74) is 2.22. The van der Waals surface area contributed by atoms with Gasteiger partial charge in [-0.1, -0.05) is 24.1 Å². The first-order chi connectivity index (χ1) is 8.59. The fraction of sp³-hybridized carbons (Fsp3) is 0.625. The van der Waals surface area contributed by atoms with Gasteiger partial charge in [-0.2, -0.15) is 0 Å². The molecule has 2 bridgehead atoms. The molecule has 1 N–H and O–H groups in total. The van der Waals surface area contributed by atoms with Gasteiger partial charge in [0, 0.05) is 12.3 Å². The fourth-order valence-electron chi connectivity index (χ4n) is 2.73. The molecule has 0 aromatic carbocycles. The first kappa shape index (κ1) is 13.4. The number of rotatable bonds is 1. The standard InChI is InChI=1S/C16H22O2/c1-11(2)16-13(17)8-6-4-5-7-9-14-12(3)10-15(16)18-14/h10,13-17H,1,4-5,7,9H2,2-3H3/t13-,14+,15+,16+/m0/s1. The molecule has 0 unspecified atom stereocenters. The normalized spacial score (nSPS) is 36.1. The summed E-state index contributed by atoms with van der Waals surface area (Å²) < 4.78 is 6.07. The maximum atomic E-state index is 10.2. The molecular formula is C16H22O2. The van der Waals surface area contributed by atoms with Crippen molar-refractivity contribution >= 4 is 0 Å². The third-order valence-corrected chi connectivity index (χ3v) is 3.79. The predicted octanol–water partition coefficient (Wildman–Crippen LogP) is 2.83. The van der Waals surface area contributed by atoms with E-state index in [2.05, 4.69) is 31.4 Å². The third-order valence-electron chi connectivity index (χ3n) is 3.79. The summed E-state index contributed by atoms with van der Waals surface area (Å²) >= 11 is 0. The molecule has 0 amide bonds. The summed E-state index contributed by atoms with van der Waals surface area (Å²) in [7, 11) is 0. The lowest BCUT2D eigenvalue weighted by molar-refractivity contribution is 0.000398. The average Bonchev–Trinajstić information content (AvgIpc) is 2.61. The van der Waals surface area contributed by atoms with Crippen LogP contribution in [0.5, 0.6) is 0 Å². The summed E-state index contributed by atoms with van der Waals surface area (Å²) in [6, 6.07) is 0. The maximum Gasteiger partial charge on any atom is 0.124 e.